The van der Waals surface area contributed by atoms with Gasteiger partial charge in [0.25, 0.3) is 0 Å². The van der Waals surface area contributed by atoms with E-state index in [1.54, 1.807) is 11.3 Å². The predicted molar refractivity (Wildman–Crippen MR) is 117 cm³/mol. The Morgan fingerprint density at radius 2 is 2.04 bits per heavy atom. The van der Waals surface area contributed by atoms with Crippen molar-refractivity contribution in [3.8, 4) is 0 Å². The molecule has 5 nitrogen and oxygen atoms in total. The number of guanidine groups is 1. The van der Waals surface area contributed by atoms with E-state index in [2.05, 4.69) is 62.3 Å². The Hall–Kier alpha value is -0.410. The summed E-state index contributed by atoms with van der Waals surface area (Å²) < 4.78 is 0. The van der Waals surface area contributed by atoms with Gasteiger partial charge in [0.2, 0.25) is 0 Å². The summed E-state index contributed by atoms with van der Waals surface area (Å²) in [7, 11) is 4.27. The lowest BCUT2D eigenvalue weighted by atomic mass is 10.0. The van der Waals surface area contributed by atoms with E-state index in [1.165, 1.54) is 9.88 Å². The maximum Gasteiger partial charge on any atom is 0.191 e. The molecule has 1 heterocycles. The molecule has 0 spiro atoms. The van der Waals surface area contributed by atoms with Crippen LogP contribution in [0.15, 0.2) is 11.2 Å². The summed E-state index contributed by atoms with van der Waals surface area (Å²) in [6.07, 6.45) is 4.03. The molecule has 140 valence electrons. The van der Waals surface area contributed by atoms with Gasteiger partial charge in [-0.05, 0) is 40.3 Å². The van der Waals surface area contributed by atoms with Crippen LogP contribution < -0.4 is 10.6 Å². The van der Waals surface area contributed by atoms with Crippen molar-refractivity contribution in [2.24, 2.45) is 10.9 Å². The average molecular weight is 467 g/mol. The lowest BCUT2D eigenvalue weighted by molar-refractivity contribution is 0.261. The molecule has 1 unspecified atom stereocenters. The van der Waals surface area contributed by atoms with Crippen molar-refractivity contribution >= 4 is 41.3 Å². The number of nitrogens with one attached hydrogen (secondary N) is 2. The van der Waals surface area contributed by atoms with Gasteiger partial charge in [0.05, 0.1) is 11.6 Å². The first-order chi connectivity index (χ1) is 10.9. The smallest absolute Gasteiger partial charge is 0.191 e. The lowest BCUT2D eigenvalue weighted by Crippen LogP contribution is -2.40. The van der Waals surface area contributed by atoms with Gasteiger partial charge in [-0.2, -0.15) is 0 Å². The maximum atomic E-state index is 4.76. The molecule has 0 aliphatic heterocycles. The third-order valence-electron chi connectivity index (χ3n) is 3.58. The first-order valence-electron chi connectivity index (χ1n) is 8.52. The fraction of sp³-hybridized carbons (Fsp3) is 0.765. The second-order valence-electron chi connectivity index (χ2n) is 6.51. The number of aromatic nitrogens is 1. The van der Waals surface area contributed by atoms with E-state index in [0.29, 0.717) is 12.0 Å². The highest BCUT2D eigenvalue weighted by Gasteiger charge is 2.13. The van der Waals surface area contributed by atoms with Crippen molar-refractivity contribution < 1.29 is 0 Å². The monoisotopic (exact) mass is 467 g/mol. The molecule has 0 fully saturated rings. The van der Waals surface area contributed by atoms with Crippen LogP contribution in [0.2, 0.25) is 0 Å². The average Bonchev–Trinajstić information content (AvgIpc) is 2.88. The highest BCUT2D eigenvalue weighted by atomic mass is 127. The number of hydrogen-bond donors (Lipinski definition) is 2. The molecule has 0 radical (unpaired) electrons. The van der Waals surface area contributed by atoms with E-state index in [1.807, 2.05) is 6.20 Å². The van der Waals surface area contributed by atoms with E-state index in [-0.39, 0.29) is 24.0 Å². The Labute approximate surface area is 168 Å². The van der Waals surface area contributed by atoms with Crippen molar-refractivity contribution in [2.75, 3.05) is 33.7 Å². The Morgan fingerprint density at radius 1 is 1.33 bits per heavy atom. The first kappa shape index (κ1) is 23.6. The van der Waals surface area contributed by atoms with Crippen molar-refractivity contribution in [2.45, 2.75) is 46.6 Å². The van der Waals surface area contributed by atoms with Crippen LogP contribution in [-0.2, 0) is 6.42 Å². The van der Waals surface area contributed by atoms with Gasteiger partial charge < -0.3 is 15.5 Å². The molecule has 7 heteroatoms. The van der Waals surface area contributed by atoms with Crippen LogP contribution in [0.4, 0.5) is 0 Å². The van der Waals surface area contributed by atoms with Gasteiger partial charge in [0.1, 0.15) is 0 Å². The van der Waals surface area contributed by atoms with Gasteiger partial charge in [0.15, 0.2) is 5.96 Å². The van der Waals surface area contributed by atoms with Crippen LogP contribution >= 0.6 is 35.3 Å². The Bertz CT molecular complexity index is 473. The standard InChI is InChI=1S/C17H33N5S.HI/c1-7-18-17(19-9-8-16-20-11-14(4)23-16)21-12-15(22(5)6)10-13(2)3;/h11,13,15H,7-10,12H2,1-6H3,(H2,18,19,21);1H. The molecule has 0 amide bonds. The molecule has 0 saturated heterocycles. The normalized spacial score (nSPS) is 13.1. The zero-order chi connectivity index (χ0) is 17.2. The number of likely N-dealkylation sites (N-methyl/N-ethyl adjacent to an activating group) is 1. The summed E-state index contributed by atoms with van der Waals surface area (Å²) >= 11 is 1.76. The predicted octanol–water partition coefficient (Wildman–Crippen LogP) is 3.14. The fourth-order valence-electron chi connectivity index (χ4n) is 2.34. The van der Waals surface area contributed by atoms with Gasteiger partial charge in [-0.3, -0.25) is 4.99 Å². The number of nitrogens with zero attached hydrogens (tertiary/aromatic N) is 3. The summed E-state index contributed by atoms with van der Waals surface area (Å²) in [5.74, 6) is 1.58. The molecular formula is C17H34IN5S. The molecule has 0 aliphatic rings. The highest BCUT2D eigenvalue weighted by Crippen LogP contribution is 2.11. The summed E-state index contributed by atoms with van der Waals surface area (Å²) in [6.45, 7) is 11.3. The molecule has 2 N–H and O–H groups in total. The lowest BCUT2D eigenvalue weighted by Gasteiger charge is -2.24. The van der Waals surface area contributed by atoms with Crippen molar-refractivity contribution in [1.82, 2.24) is 20.5 Å². The van der Waals surface area contributed by atoms with Crippen LogP contribution in [0.5, 0.6) is 0 Å². The third-order valence-corrected chi connectivity index (χ3v) is 4.55. The first-order valence-corrected chi connectivity index (χ1v) is 9.33. The van der Waals surface area contributed by atoms with Crippen LogP contribution in [0.25, 0.3) is 0 Å². The number of halogens is 1. The van der Waals surface area contributed by atoms with Gasteiger partial charge in [-0.15, -0.1) is 35.3 Å². The van der Waals surface area contributed by atoms with Gasteiger partial charge in [-0.25, -0.2) is 4.98 Å². The summed E-state index contributed by atoms with van der Waals surface area (Å²) in [5, 5.41) is 7.92. The van der Waals surface area contributed by atoms with Crippen molar-refractivity contribution in [1.29, 1.82) is 0 Å². The van der Waals surface area contributed by atoms with Crippen LogP contribution in [0.1, 0.15) is 37.1 Å². The van der Waals surface area contributed by atoms with E-state index in [4.69, 9.17) is 4.99 Å². The molecule has 24 heavy (non-hydrogen) atoms. The molecule has 1 rings (SSSR count). The molecular weight excluding hydrogens is 433 g/mol. The molecule has 1 atom stereocenters. The quantitative estimate of drug-likeness (QED) is 0.333. The highest BCUT2D eigenvalue weighted by molar-refractivity contribution is 14.0. The molecule has 1 aromatic rings. The third kappa shape index (κ3) is 9.78. The van der Waals surface area contributed by atoms with Crippen molar-refractivity contribution in [3.63, 3.8) is 0 Å². The second kappa shape index (κ2) is 12.9. The van der Waals surface area contributed by atoms with E-state index in [9.17, 15) is 0 Å². The van der Waals surface area contributed by atoms with Crippen LogP contribution in [-0.4, -0.2) is 55.6 Å². The van der Waals surface area contributed by atoms with Gasteiger partial charge in [0, 0.05) is 36.6 Å². The molecule has 1 aromatic heterocycles. The summed E-state index contributed by atoms with van der Waals surface area (Å²) in [5.41, 5.74) is 0. The Morgan fingerprint density at radius 3 is 2.54 bits per heavy atom. The number of rotatable bonds is 9. The SMILES string of the molecule is CCNC(=NCC(CC(C)C)N(C)C)NCCc1ncc(C)s1.I. The summed E-state index contributed by atoms with van der Waals surface area (Å²) in [6, 6.07) is 0.479. The minimum atomic E-state index is 0. The molecule has 0 bridgehead atoms. The topological polar surface area (TPSA) is 52.6 Å². The minimum absolute atomic E-state index is 0. The second-order valence-corrected chi connectivity index (χ2v) is 7.83. The minimum Gasteiger partial charge on any atom is -0.357 e. The summed E-state index contributed by atoms with van der Waals surface area (Å²) in [4.78, 5) is 12.7. The zero-order valence-corrected chi connectivity index (χ0v) is 19.1. The molecule has 0 aliphatic carbocycles. The van der Waals surface area contributed by atoms with E-state index >= 15 is 0 Å². The molecule has 0 saturated carbocycles. The number of aryl methyl sites for hydroxylation is 1. The van der Waals surface area contributed by atoms with Crippen LogP contribution in [0.3, 0.4) is 0 Å². The van der Waals surface area contributed by atoms with Crippen molar-refractivity contribution in [3.05, 3.63) is 16.1 Å². The van der Waals surface area contributed by atoms with E-state index in [0.717, 1.165) is 38.4 Å². The largest absolute Gasteiger partial charge is 0.357 e. The van der Waals surface area contributed by atoms with Gasteiger partial charge in [-0.1, -0.05) is 13.8 Å². The number of aliphatic imine (C=N–C) groups is 1. The number of hydrogen-bond acceptors (Lipinski definition) is 4. The molecule has 0 aromatic carbocycles. The fourth-order valence-corrected chi connectivity index (χ4v) is 3.12. The van der Waals surface area contributed by atoms with E-state index < -0.39 is 0 Å². The number of thiazole rings is 1. The Balaban J connectivity index is 0.00000529. The zero-order valence-electron chi connectivity index (χ0n) is 15.9. The Kier molecular flexibility index (Phi) is 12.7. The van der Waals surface area contributed by atoms with Crippen LogP contribution in [0, 0.1) is 12.8 Å². The van der Waals surface area contributed by atoms with Gasteiger partial charge >= 0.3 is 0 Å². The maximum absolute atomic E-state index is 4.76.